The van der Waals surface area contributed by atoms with Crippen LogP contribution < -0.4 is 11.2 Å². The zero-order valence-corrected chi connectivity index (χ0v) is 16.1. The Balaban J connectivity index is 2.05. The van der Waals surface area contributed by atoms with Gasteiger partial charge in [-0.05, 0) is 35.2 Å². The van der Waals surface area contributed by atoms with E-state index in [9.17, 15) is 9.59 Å². The van der Waals surface area contributed by atoms with E-state index in [-0.39, 0.29) is 5.43 Å². The highest BCUT2D eigenvalue weighted by Crippen LogP contribution is 2.45. The summed E-state index contributed by atoms with van der Waals surface area (Å²) in [7, 11) is 1.35. The number of anilines is 1. The Kier molecular flexibility index (Phi) is 4.03. The molecule has 2 aliphatic rings. The topological polar surface area (TPSA) is 82.5 Å². The number of benzene rings is 4. The number of fused-ring (bicyclic) bond motifs is 4. The first-order valence-electron chi connectivity index (χ1n) is 9.44. The van der Waals surface area contributed by atoms with Crippen LogP contribution in [0.4, 0.5) is 5.69 Å². The van der Waals surface area contributed by atoms with Gasteiger partial charge in [-0.25, -0.2) is 4.79 Å². The van der Waals surface area contributed by atoms with Crippen LogP contribution in [-0.4, -0.2) is 13.1 Å². The standard InChI is InChI=1S/C25H17NO4/c1-29-25(28)18-9-5-4-8-17(18)22-19-11-10-15(27)13-21(19)30-24-16-7-3-2-6-14(16)12-20(26)23(22)24/h2-13H,26H2,1H3. The van der Waals surface area contributed by atoms with Crippen molar-refractivity contribution in [1.29, 1.82) is 0 Å². The summed E-state index contributed by atoms with van der Waals surface area (Å²) in [6.07, 6.45) is 0. The van der Waals surface area contributed by atoms with Gasteiger partial charge in [0, 0.05) is 33.7 Å². The molecule has 0 fully saturated rings. The molecule has 0 saturated heterocycles. The second-order valence-corrected chi connectivity index (χ2v) is 7.06. The molecule has 5 rings (SSSR count). The summed E-state index contributed by atoms with van der Waals surface area (Å²) in [4.78, 5) is 24.6. The van der Waals surface area contributed by atoms with Crippen LogP contribution in [-0.2, 0) is 4.74 Å². The largest absolute Gasteiger partial charge is 0.465 e. The number of carbonyl (C=O) groups excluding carboxylic acids is 1. The minimum atomic E-state index is -0.451. The zero-order chi connectivity index (χ0) is 20.8. The van der Waals surface area contributed by atoms with E-state index < -0.39 is 5.97 Å². The molecule has 146 valence electrons. The molecule has 30 heavy (non-hydrogen) atoms. The van der Waals surface area contributed by atoms with E-state index in [1.807, 2.05) is 42.5 Å². The molecule has 1 heterocycles. The minimum Gasteiger partial charge on any atom is -0.465 e. The summed E-state index contributed by atoms with van der Waals surface area (Å²) in [5, 5.41) is 2.49. The summed E-state index contributed by atoms with van der Waals surface area (Å²) in [6.45, 7) is 0. The van der Waals surface area contributed by atoms with Gasteiger partial charge >= 0.3 is 5.97 Å². The van der Waals surface area contributed by atoms with Crippen molar-refractivity contribution in [2.45, 2.75) is 0 Å². The number of esters is 1. The summed E-state index contributed by atoms with van der Waals surface area (Å²) in [5.41, 5.74) is 9.93. The van der Waals surface area contributed by atoms with Gasteiger partial charge in [-0.1, -0.05) is 42.5 Å². The Morgan fingerprint density at radius 3 is 2.53 bits per heavy atom. The fraction of sp³-hybridized carbons (Fsp3) is 0.0400. The van der Waals surface area contributed by atoms with E-state index in [2.05, 4.69) is 0 Å². The number of hydrogen-bond acceptors (Lipinski definition) is 5. The zero-order valence-electron chi connectivity index (χ0n) is 16.1. The molecule has 1 aliphatic heterocycles. The molecule has 0 unspecified atom stereocenters. The highest BCUT2D eigenvalue weighted by Gasteiger charge is 2.24. The average Bonchev–Trinajstić information content (AvgIpc) is 2.77. The number of ether oxygens (including phenoxy) is 1. The Bertz CT molecular complexity index is 1480. The Labute approximate surface area is 171 Å². The van der Waals surface area contributed by atoms with Gasteiger partial charge < -0.3 is 14.9 Å². The third-order valence-corrected chi connectivity index (χ3v) is 5.32. The predicted octanol–water partition coefficient (Wildman–Crippen LogP) is 5.09. The molecule has 5 nitrogen and oxygen atoms in total. The van der Waals surface area contributed by atoms with E-state index in [0.29, 0.717) is 39.1 Å². The first kappa shape index (κ1) is 17.9. The third-order valence-electron chi connectivity index (χ3n) is 5.32. The molecule has 0 saturated carbocycles. The monoisotopic (exact) mass is 395 g/mol. The smallest absolute Gasteiger partial charge is 0.338 e. The lowest BCUT2D eigenvalue weighted by molar-refractivity contribution is 0.0601. The molecule has 0 radical (unpaired) electrons. The van der Waals surface area contributed by atoms with Gasteiger partial charge in [-0.2, -0.15) is 0 Å². The van der Waals surface area contributed by atoms with Crippen molar-refractivity contribution in [3.63, 3.8) is 0 Å². The Morgan fingerprint density at radius 1 is 0.933 bits per heavy atom. The van der Waals surface area contributed by atoms with E-state index in [0.717, 1.165) is 16.3 Å². The van der Waals surface area contributed by atoms with Crippen LogP contribution in [0.25, 0.3) is 44.2 Å². The first-order valence-corrected chi connectivity index (χ1v) is 9.44. The molecule has 0 bridgehead atoms. The lowest BCUT2D eigenvalue weighted by Gasteiger charge is -2.19. The van der Waals surface area contributed by atoms with Gasteiger partial charge in [-0.3, -0.25) is 4.79 Å². The maximum absolute atomic E-state index is 12.5. The lowest BCUT2D eigenvalue weighted by atomic mass is 9.89. The summed E-state index contributed by atoms with van der Waals surface area (Å²) in [5.74, 6) is -0.0204. The summed E-state index contributed by atoms with van der Waals surface area (Å²) < 4.78 is 11.2. The van der Waals surface area contributed by atoms with E-state index >= 15 is 0 Å². The van der Waals surface area contributed by atoms with Crippen LogP contribution in [0.1, 0.15) is 10.4 Å². The molecule has 0 amide bonds. The van der Waals surface area contributed by atoms with Crippen molar-refractivity contribution in [1.82, 2.24) is 0 Å². The van der Waals surface area contributed by atoms with Crippen molar-refractivity contribution in [2.24, 2.45) is 0 Å². The maximum Gasteiger partial charge on any atom is 0.338 e. The van der Waals surface area contributed by atoms with Crippen LogP contribution in [0.15, 0.2) is 82.0 Å². The number of methoxy groups -OCH3 is 1. The van der Waals surface area contributed by atoms with Crippen molar-refractivity contribution in [2.75, 3.05) is 12.8 Å². The predicted molar refractivity (Wildman–Crippen MR) is 118 cm³/mol. The van der Waals surface area contributed by atoms with Gasteiger partial charge in [0.25, 0.3) is 0 Å². The highest BCUT2D eigenvalue weighted by atomic mass is 16.5. The fourth-order valence-corrected chi connectivity index (χ4v) is 4.01. The molecule has 5 heteroatoms. The second-order valence-electron chi connectivity index (χ2n) is 7.06. The van der Waals surface area contributed by atoms with Crippen LogP contribution in [0, 0.1) is 0 Å². The van der Waals surface area contributed by atoms with Gasteiger partial charge in [0.05, 0.1) is 12.7 Å². The van der Waals surface area contributed by atoms with E-state index in [1.54, 1.807) is 18.2 Å². The van der Waals surface area contributed by atoms with Crippen LogP contribution >= 0.6 is 0 Å². The first-order chi connectivity index (χ1) is 14.6. The van der Waals surface area contributed by atoms with Crippen molar-refractivity contribution in [3.8, 4) is 22.5 Å². The van der Waals surface area contributed by atoms with Crippen molar-refractivity contribution < 1.29 is 13.9 Å². The molecule has 0 atom stereocenters. The molecule has 0 aromatic heterocycles. The average molecular weight is 395 g/mol. The number of hydrogen-bond donors (Lipinski definition) is 1. The fourth-order valence-electron chi connectivity index (χ4n) is 4.01. The molecule has 1 aliphatic carbocycles. The highest BCUT2D eigenvalue weighted by molar-refractivity contribution is 6.18. The van der Waals surface area contributed by atoms with Gasteiger partial charge in [0.1, 0.15) is 11.3 Å². The molecule has 3 aromatic rings. The maximum atomic E-state index is 12.5. The van der Waals surface area contributed by atoms with E-state index in [1.165, 1.54) is 19.2 Å². The van der Waals surface area contributed by atoms with Crippen LogP contribution in [0.3, 0.4) is 0 Å². The Morgan fingerprint density at radius 2 is 1.70 bits per heavy atom. The number of nitrogen functional groups attached to an aromatic ring is 1. The number of rotatable bonds is 2. The normalized spacial score (nSPS) is 11.2. The quantitative estimate of drug-likeness (QED) is 0.195. The molecule has 3 aromatic carbocycles. The van der Waals surface area contributed by atoms with Crippen molar-refractivity contribution >= 4 is 33.4 Å². The summed E-state index contributed by atoms with van der Waals surface area (Å²) in [6, 6.07) is 21.5. The lowest BCUT2D eigenvalue weighted by Crippen LogP contribution is -2.06. The van der Waals surface area contributed by atoms with E-state index in [4.69, 9.17) is 14.9 Å². The minimum absolute atomic E-state index is 0.161. The number of nitrogens with two attached hydrogens (primary N) is 1. The molecular formula is C25H17NO4. The van der Waals surface area contributed by atoms with Crippen molar-refractivity contribution in [3.05, 3.63) is 88.6 Å². The molecular weight excluding hydrogens is 378 g/mol. The van der Waals surface area contributed by atoms with Crippen LogP contribution in [0.5, 0.6) is 0 Å². The third kappa shape index (κ3) is 2.63. The van der Waals surface area contributed by atoms with Gasteiger partial charge in [0.15, 0.2) is 5.43 Å². The molecule has 2 N–H and O–H groups in total. The second kappa shape index (κ2) is 6.74. The van der Waals surface area contributed by atoms with Crippen LogP contribution in [0.2, 0.25) is 0 Å². The molecule has 0 spiro atoms. The SMILES string of the molecule is COC(=O)c1ccccc1-c1c2ccc(=O)cc-2oc2c1c(N)cc1ccccc12. The van der Waals surface area contributed by atoms with Gasteiger partial charge in [0.2, 0.25) is 0 Å². The Hall–Kier alpha value is -4.12. The number of carbonyl (C=O) groups is 1. The summed E-state index contributed by atoms with van der Waals surface area (Å²) >= 11 is 0. The van der Waals surface area contributed by atoms with Gasteiger partial charge in [-0.15, -0.1) is 0 Å².